The molecule has 1 aromatic carbocycles. The van der Waals surface area contributed by atoms with Crippen LogP contribution in [0.2, 0.25) is 0 Å². The smallest absolute Gasteiger partial charge is 0.0591 e. The fourth-order valence-corrected chi connectivity index (χ4v) is 2.13. The summed E-state index contributed by atoms with van der Waals surface area (Å²) in [4.78, 5) is 0. The summed E-state index contributed by atoms with van der Waals surface area (Å²) in [6, 6.07) is 10.5. The van der Waals surface area contributed by atoms with Crippen molar-refractivity contribution in [1.29, 1.82) is 0 Å². The summed E-state index contributed by atoms with van der Waals surface area (Å²) in [5.74, 6) is 0.703. The van der Waals surface area contributed by atoms with Crippen LogP contribution in [0, 0.1) is 5.92 Å². The average molecular weight is 249 g/mol. The quantitative estimate of drug-likeness (QED) is 0.714. The molecule has 1 saturated heterocycles. The summed E-state index contributed by atoms with van der Waals surface area (Å²) < 4.78 is 10.9. The van der Waals surface area contributed by atoms with Gasteiger partial charge in [-0.15, -0.1) is 0 Å². The van der Waals surface area contributed by atoms with Gasteiger partial charge < -0.3 is 14.8 Å². The van der Waals surface area contributed by atoms with Gasteiger partial charge in [-0.05, 0) is 24.3 Å². The fraction of sp³-hybridized carbons (Fsp3) is 0.600. The van der Waals surface area contributed by atoms with Crippen LogP contribution in [0.25, 0.3) is 0 Å². The van der Waals surface area contributed by atoms with Crippen LogP contribution < -0.4 is 5.32 Å². The molecule has 1 aromatic rings. The van der Waals surface area contributed by atoms with Crippen molar-refractivity contribution in [2.24, 2.45) is 5.92 Å². The molecule has 0 bridgehead atoms. The van der Waals surface area contributed by atoms with Gasteiger partial charge in [-0.3, -0.25) is 0 Å². The van der Waals surface area contributed by atoms with E-state index in [1.165, 1.54) is 12.0 Å². The summed E-state index contributed by atoms with van der Waals surface area (Å²) in [5, 5.41) is 3.42. The molecule has 3 heteroatoms. The monoisotopic (exact) mass is 249 g/mol. The van der Waals surface area contributed by atoms with Crippen molar-refractivity contribution < 1.29 is 9.47 Å². The van der Waals surface area contributed by atoms with E-state index in [1.54, 1.807) is 0 Å². The minimum Gasteiger partial charge on any atom is -0.381 e. The van der Waals surface area contributed by atoms with Crippen LogP contribution in [0.5, 0.6) is 0 Å². The lowest BCUT2D eigenvalue weighted by Gasteiger charge is -2.09. The Morgan fingerprint density at radius 3 is 2.89 bits per heavy atom. The highest BCUT2D eigenvalue weighted by molar-refractivity contribution is 5.14. The van der Waals surface area contributed by atoms with E-state index in [0.29, 0.717) is 5.92 Å². The van der Waals surface area contributed by atoms with E-state index in [9.17, 15) is 0 Å². The molecule has 1 fully saturated rings. The number of hydrogen-bond donors (Lipinski definition) is 1. The normalized spacial score (nSPS) is 19.2. The Bertz CT molecular complexity index is 310. The predicted octanol–water partition coefficient (Wildman–Crippen LogP) is 1.87. The number of hydrogen-bond acceptors (Lipinski definition) is 3. The first-order valence-electron chi connectivity index (χ1n) is 6.85. The van der Waals surface area contributed by atoms with Gasteiger partial charge >= 0.3 is 0 Å². The molecule has 1 heterocycles. The Balaban J connectivity index is 1.42. The van der Waals surface area contributed by atoms with E-state index < -0.39 is 0 Å². The highest BCUT2D eigenvalue weighted by atomic mass is 16.5. The summed E-state index contributed by atoms with van der Waals surface area (Å²) >= 11 is 0. The molecular weight excluding hydrogens is 226 g/mol. The van der Waals surface area contributed by atoms with E-state index in [0.717, 1.165) is 45.9 Å². The maximum Gasteiger partial charge on any atom is 0.0591 e. The number of ether oxygens (including phenoxy) is 2. The van der Waals surface area contributed by atoms with E-state index >= 15 is 0 Å². The molecule has 1 N–H and O–H groups in total. The second-order valence-corrected chi connectivity index (χ2v) is 4.78. The third-order valence-electron chi connectivity index (χ3n) is 3.26. The molecule has 1 atom stereocenters. The van der Waals surface area contributed by atoms with Gasteiger partial charge in [0.2, 0.25) is 0 Å². The second kappa shape index (κ2) is 8.25. The van der Waals surface area contributed by atoms with Crippen LogP contribution in [0.1, 0.15) is 12.0 Å². The third kappa shape index (κ3) is 5.17. The minimum atomic E-state index is 0.703. The van der Waals surface area contributed by atoms with Crippen LogP contribution in [0.15, 0.2) is 30.3 Å². The minimum absolute atomic E-state index is 0.703. The summed E-state index contributed by atoms with van der Waals surface area (Å²) in [7, 11) is 0. The lowest BCUT2D eigenvalue weighted by Crippen LogP contribution is -2.26. The molecule has 0 saturated carbocycles. The van der Waals surface area contributed by atoms with Crippen molar-refractivity contribution in [3.8, 4) is 0 Å². The van der Waals surface area contributed by atoms with Crippen LogP contribution in [-0.2, 0) is 15.9 Å². The predicted molar refractivity (Wildman–Crippen MR) is 72.8 cm³/mol. The molecule has 1 aliphatic heterocycles. The van der Waals surface area contributed by atoms with Crippen LogP contribution in [-0.4, -0.2) is 39.5 Å². The van der Waals surface area contributed by atoms with E-state index in [1.807, 2.05) is 6.07 Å². The van der Waals surface area contributed by atoms with E-state index in [4.69, 9.17) is 9.47 Å². The van der Waals surface area contributed by atoms with Crippen molar-refractivity contribution in [2.45, 2.75) is 12.8 Å². The Morgan fingerprint density at radius 1 is 1.22 bits per heavy atom. The Hall–Kier alpha value is -0.900. The largest absolute Gasteiger partial charge is 0.381 e. The Labute approximate surface area is 109 Å². The molecule has 2 rings (SSSR count). The zero-order valence-electron chi connectivity index (χ0n) is 10.9. The van der Waals surface area contributed by atoms with Gasteiger partial charge in [-0.25, -0.2) is 0 Å². The highest BCUT2D eigenvalue weighted by Gasteiger charge is 2.14. The SMILES string of the molecule is c1ccc(CCOCCNCC2CCOC2)cc1. The van der Waals surface area contributed by atoms with Gasteiger partial charge in [0.05, 0.1) is 19.8 Å². The molecule has 0 radical (unpaired) electrons. The standard InChI is InChI=1S/C15H23NO2/c1-2-4-14(5-3-1)6-9-17-11-8-16-12-15-7-10-18-13-15/h1-5,15-16H,6-13H2. The number of nitrogens with one attached hydrogen (secondary N) is 1. The first kappa shape index (κ1) is 13.5. The molecule has 1 aliphatic rings. The first-order valence-corrected chi connectivity index (χ1v) is 6.85. The number of rotatable bonds is 8. The van der Waals surface area contributed by atoms with Gasteiger partial charge in [0, 0.05) is 19.7 Å². The molecule has 0 spiro atoms. The molecule has 0 aliphatic carbocycles. The number of benzene rings is 1. The summed E-state index contributed by atoms with van der Waals surface area (Å²) in [6.45, 7) is 5.44. The van der Waals surface area contributed by atoms with Gasteiger partial charge in [-0.1, -0.05) is 30.3 Å². The van der Waals surface area contributed by atoms with Crippen LogP contribution >= 0.6 is 0 Å². The maximum absolute atomic E-state index is 5.61. The molecule has 18 heavy (non-hydrogen) atoms. The molecular formula is C15H23NO2. The zero-order valence-corrected chi connectivity index (χ0v) is 10.9. The van der Waals surface area contributed by atoms with E-state index in [-0.39, 0.29) is 0 Å². The lowest BCUT2D eigenvalue weighted by molar-refractivity contribution is 0.137. The maximum atomic E-state index is 5.61. The van der Waals surface area contributed by atoms with Crippen molar-refractivity contribution in [3.63, 3.8) is 0 Å². The van der Waals surface area contributed by atoms with Gasteiger partial charge in [0.25, 0.3) is 0 Å². The third-order valence-corrected chi connectivity index (χ3v) is 3.26. The lowest BCUT2D eigenvalue weighted by atomic mass is 10.1. The van der Waals surface area contributed by atoms with Gasteiger partial charge in [0.1, 0.15) is 0 Å². The van der Waals surface area contributed by atoms with Crippen molar-refractivity contribution in [3.05, 3.63) is 35.9 Å². The van der Waals surface area contributed by atoms with Crippen LogP contribution in [0.3, 0.4) is 0 Å². The summed E-state index contributed by atoms with van der Waals surface area (Å²) in [5.41, 5.74) is 1.34. The van der Waals surface area contributed by atoms with E-state index in [2.05, 4.69) is 29.6 Å². The van der Waals surface area contributed by atoms with Crippen molar-refractivity contribution >= 4 is 0 Å². The Morgan fingerprint density at radius 2 is 2.11 bits per heavy atom. The van der Waals surface area contributed by atoms with Gasteiger partial charge in [-0.2, -0.15) is 0 Å². The van der Waals surface area contributed by atoms with Crippen LogP contribution in [0.4, 0.5) is 0 Å². The molecule has 3 nitrogen and oxygen atoms in total. The zero-order chi connectivity index (χ0) is 12.5. The average Bonchev–Trinajstić information content (AvgIpc) is 2.92. The van der Waals surface area contributed by atoms with Crippen molar-refractivity contribution in [1.82, 2.24) is 5.32 Å². The van der Waals surface area contributed by atoms with Crippen molar-refractivity contribution in [2.75, 3.05) is 39.5 Å². The molecule has 0 amide bonds. The summed E-state index contributed by atoms with van der Waals surface area (Å²) in [6.07, 6.45) is 2.19. The molecule has 0 aromatic heterocycles. The molecule has 100 valence electrons. The topological polar surface area (TPSA) is 30.5 Å². The van der Waals surface area contributed by atoms with Gasteiger partial charge in [0.15, 0.2) is 0 Å². The first-order chi connectivity index (χ1) is 8.95. The highest BCUT2D eigenvalue weighted by Crippen LogP contribution is 2.10. The second-order valence-electron chi connectivity index (χ2n) is 4.78. The Kier molecular flexibility index (Phi) is 6.20. The molecule has 1 unspecified atom stereocenters. The fourth-order valence-electron chi connectivity index (χ4n) is 2.13.